The van der Waals surface area contributed by atoms with Crippen molar-refractivity contribution >= 4 is 66.2 Å². The third-order valence-corrected chi connectivity index (χ3v) is 8.09. The van der Waals surface area contributed by atoms with Crippen molar-refractivity contribution in [1.82, 2.24) is 9.99 Å². The maximum atomic E-state index is 13.4. The Hall–Kier alpha value is -4.21. The van der Waals surface area contributed by atoms with Crippen molar-refractivity contribution in [3.8, 4) is 0 Å². The van der Waals surface area contributed by atoms with Crippen LogP contribution in [0, 0.1) is 6.92 Å². The summed E-state index contributed by atoms with van der Waals surface area (Å²) in [6.07, 6.45) is 0. The van der Waals surface area contributed by atoms with Crippen LogP contribution in [0.3, 0.4) is 0 Å². The number of nitrogens with zero attached hydrogens (tertiary/aromatic N) is 1. The molecular formula is C32H26Br2N4O3. The first-order valence-corrected chi connectivity index (χ1v) is 14.5. The summed E-state index contributed by atoms with van der Waals surface area (Å²) in [5, 5.41) is 6.36. The number of benzene rings is 4. The molecule has 0 unspecified atom stereocenters. The Kier molecular flexibility index (Phi) is 8.66. The third-order valence-electron chi connectivity index (χ3n) is 6.70. The molecule has 0 aliphatic carbocycles. The van der Waals surface area contributed by atoms with E-state index in [-0.39, 0.29) is 18.2 Å². The number of hydrogen-bond acceptors (Lipinski definition) is 3. The second kappa shape index (κ2) is 12.5. The van der Waals surface area contributed by atoms with Gasteiger partial charge in [-0.2, -0.15) is 0 Å². The van der Waals surface area contributed by atoms with Crippen LogP contribution < -0.4 is 16.1 Å². The quantitative estimate of drug-likeness (QED) is 0.167. The van der Waals surface area contributed by atoms with E-state index in [0.29, 0.717) is 16.6 Å². The van der Waals surface area contributed by atoms with Crippen molar-refractivity contribution in [2.24, 2.45) is 0 Å². The standard InChI is InChI=1S/C32H26Br2N4O3/c1-20-16-25(13-14-27(20)34)36-30(39)29-18-23-17-24(33)12-15-28(23)38(29)37-32(41)31(40)35-19-26(21-8-4-2-5-9-21)22-10-6-3-7-11-22/h2-18,26H,19H2,1H3,(H,35,40)(H,36,39)(H,37,41). The highest BCUT2D eigenvalue weighted by Gasteiger charge is 2.23. The number of fused-ring (bicyclic) bond motifs is 1. The summed E-state index contributed by atoms with van der Waals surface area (Å²) in [6.45, 7) is 2.14. The van der Waals surface area contributed by atoms with Gasteiger partial charge in [-0.1, -0.05) is 92.5 Å². The number of carbonyl (C=O) groups excluding carboxylic acids is 3. The van der Waals surface area contributed by atoms with Gasteiger partial charge in [0.05, 0.1) is 5.52 Å². The number of carbonyl (C=O) groups is 3. The first kappa shape index (κ1) is 28.3. The van der Waals surface area contributed by atoms with Gasteiger partial charge in [0.15, 0.2) is 0 Å². The molecular weight excluding hydrogens is 648 g/mol. The van der Waals surface area contributed by atoms with Gasteiger partial charge in [0, 0.05) is 32.5 Å². The number of nitrogens with one attached hydrogen (secondary N) is 3. The molecule has 0 aliphatic rings. The molecule has 0 bridgehead atoms. The fourth-order valence-electron chi connectivity index (χ4n) is 4.62. The first-order valence-electron chi connectivity index (χ1n) is 12.9. The van der Waals surface area contributed by atoms with E-state index in [9.17, 15) is 14.4 Å². The SMILES string of the molecule is Cc1cc(NC(=O)c2cc3cc(Br)ccc3n2NC(=O)C(=O)NCC(c2ccccc2)c2ccccc2)ccc1Br. The Morgan fingerprint density at radius 2 is 1.44 bits per heavy atom. The molecule has 0 saturated carbocycles. The molecule has 9 heteroatoms. The van der Waals surface area contributed by atoms with Crippen LogP contribution in [0.25, 0.3) is 10.9 Å². The van der Waals surface area contributed by atoms with Gasteiger partial charge < -0.3 is 10.6 Å². The van der Waals surface area contributed by atoms with Gasteiger partial charge in [-0.25, -0.2) is 4.68 Å². The van der Waals surface area contributed by atoms with E-state index in [2.05, 4.69) is 47.9 Å². The van der Waals surface area contributed by atoms with E-state index in [4.69, 9.17) is 0 Å². The lowest BCUT2D eigenvalue weighted by Crippen LogP contribution is -2.41. The number of anilines is 1. The van der Waals surface area contributed by atoms with Crippen LogP contribution in [0.2, 0.25) is 0 Å². The molecule has 1 heterocycles. The summed E-state index contributed by atoms with van der Waals surface area (Å²) in [6, 6.07) is 32.1. The second-order valence-corrected chi connectivity index (χ2v) is 11.3. The van der Waals surface area contributed by atoms with Gasteiger partial charge >= 0.3 is 11.8 Å². The summed E-state index contributed by atoms with van der Waals surface area (Å²) in [7, 11) is 0. The van der Waals surface area contributed by atoms with Crippen molar-refractivity contribution in [1.29, 1.82) is 0 Å². The molecule has 0 radical (unpaired) electrons. The van der Waals surface area contributed by atoms with Gasteiger partial charge in [-0.3, -0.25) is 19.8 Å². The summed E-state index contributed by atoms with van der Waals surface area (Å²) in [4.78, 5) is 39.5. The van der Waals surface area contributed by atoms with Crippen LogP contribution >= 0.6 is 31.9 Å². The number of amides is 3. The van der Waals surface area contributed by atoms with Crippen LogP contribution in [-0.4, -0.2) is 28.9 Å². The molecule has 5 aromatic rings. The van der Waals surface area contributed by atoms with Crippen molar-refractivity contribution in [2.45, 2.75) is 12.8 Å². The maximum Gasteiger partial charge on any atom is 0.328 e. The molecule has 1 aromatic heterocycles. The van der Waals surface area contributed by atoms with Gasteiger partial charge in [0.2, 0.25) is 0 Å². The van der Waals surface area contributed by atoms with Crippen LogP contribution in [-0.2, 0) is 9.59 Å². The van der Waals surface area contributed by atoms with E-state index >= 15 is 0 Å². The third kappa shape index (κ3) is 6.58. The fourth-order valence-corrected chi connectivity index (χ4v) is 5.24. The predicted octanol–water partition coefficient (Wildman–Crippen LogP) is 6.75. The lowest BCUT2D eigenvalue weighted by molar-refractivity contribution is -0.136. The largest absolute Gasteiger partial charge is 0.347 e. The molecule has 4 aromatic carbocycles. The zero-order valence-electron chi connectivity index (χ0n) is 22.0. The Labute approximate surface area is 254 Å². The van der Waals surface area contributed by atoms with E-state index in [1.165, 1.54) is 4.68 Å². The Bertz CT molecular complexity index is 1700. The van der Waals surface area contributed by atoms with Crippen LogP contribution in [0.15, 0.2) is 112 Å². The maximum absolute atomic E-state index is 13.4. The molecule has 0 atom stereocenters. The van der Waals surface area contributed by atoms with Crippen molar-refractivity contribution in [3.05, 3.63) is 134 Å². The summed E-state index contributed by atoms with van der Waals surface area (Å²) < 4.78 is 3.08. The second-order valence-electron chi connectivity index (χ2n) is 9.51. The topological polar surface area (TPSA) is 92.2 Å². The van der Waals surface area contributed by atoms with Crippen molar-refractivity contribution < 1.29 is 14.4 Å². The van der Waals surface area contributed by atoms with Gasteiger partial charge in [-0.05, 0) is 66.1 Å². The molecule has 0 saturated heterocycles. The van der Waals surface area contributed by atoms with Crippen molar-refractivity contribution in [3.63, 3.8) is 0 Å². The minimum absolute atomic E-state index is 0.144. The Morgan fingerprint density at radius 1 is 0.780 bits per heavy atom. The fraction of sp³-hybridized carbons (Fsp3) is 0.0938. The Morgan fingerprint density at radius 3 is 2.07 bits per heavy atom. The monoisotopic (exact) mass is 672 g/mol. The van der Waals surface area contributed by atoms with Crippen LogP contribution in [0.4, 0.5) is 5.69 Å². The number of halogens is 2. The summed E-state index contributed by atoms with van der Waals surface area (Å²) in [5.41, 5.74) is 6.96. The molecule has 206 valence electrons. The highest BCUT2D eigenvalue weighted by Crippen LogP contribution is 2.26. The van der Waals surface area contributed by atoms with E-state index in [0.717, 1.165) is 25.6 Å². The van der Waals surface area contributed by atoms with Gasteiger partial charge in [0.25, 0.3) is 5.91 Å². The summed E-state index contributed by atoms with van der Waals surface area (Å²) in [5.74, 6) is -2.28. The molecule has 0 spiro atoms. The van der Waals surface area contributed by atoms with Crippen LogP contribution in [0.5, 0.6) is 0 Å². The molecule has 41 heavy (non-hydrogen) atoms. The number of aryl methyl sites for hydroxylation is 1. The highest BCUT2D eigenvalue weighted by molar-refractivity contribution is 9.10. The number of hydrogen-bond donors (Lipinski definition) is 3. The Balaban J connectivity index is 1.37. The van der Waals surface area contributed by atoms with E-state index in [1.54, 1.807) is 24.3 Å². The van der Waals surface area contributed by atoms with Crippen molar-refractivity contribution in [2.75, 3.05) is 17.3 Å². The predicted molar refractivity (Wildman–Crippen MR) is 169 cm³/mol. The molecule has 7 nitrogen and oxygen atoms in total. The summed E-state index contributed by atoms with van der Waals surface area (Å²) >= 11 is 6.92. The molecule has 5 rings (SSSR count). The van der Waals surface area contributed by atoms with E-state index < -0.39 is 17.7 Å². The average molecular weight is 674 g/mol. The number of aromatic nitrogens is 1. The number of rotatable bonds is 7. The van der Waals surface area contributed by atoms with Gasteiger partial charge in [0.1, 0.15) is 5.69 Å². The minimum atomic E-state index is -0.890. The first-order chi connectivity index (χ1) is 19.8. The molecule has 0 aliphatic heterocycles. The molecule has 3 N–H and O–H groups in total. The lowest BCUT2D eigenvalue weighted by atomic mass is 9.91. The normalized spacial score (nSPS) is 10.9. The smallest absolute Gasteiger partial charge is 0.328 e. The molecule has 0 fully saturated rings. The highest BCUT2D eigenvalue weighted by atomic mass is 79.9. The van der Waals surface area contributed by atoms with Crippen LogP contribution in [0.1, 0.15) is 33.1 Å². The average Bonchev–Trinajstić information content (AvgIpc) is 3.33. The zero-order valence-corrected chi connectivity index (χ0v) is 25.2. The van der Waals surface area contributed by atoms with Gasteiger partial charge in [-0.15, -0.1) is 0 Å². The van der Waals surface area contributed by atoms with E-state index in [1.807, 2.05) is 85.8 Å². The minimum Gasteiger partial charge on any atom is -0.347 e. The zero-order chi connectivity index (χ0) is 28.9. The molecule has 3 amide bonds. The lowest BCUT2D eigenvalue weighted by Gasteiger charge is -2.19.